The molecule has 1 rings (SSSR count). The van der Waals surface area contributed by atoms with Crippen molar-refractivity contribution in [3.05, 3.63) is 40.5 Å². The predicted octanol–water partition coefficient (Wildman–Crippen LogP) is 2.41. The SMILES string of the molecule is CN(C)/C=C/C(=O)c1cccc(Br)c1O. The second-order valence-corrected chi connectivity index (χ2v) is 4.13. The van der Waals surface area contributed by atoms with E-state index in [9.17, 15) is 9.90 Å². The van der Waals surface area contributed by atoms with Gasteiger partial charge in [0.1, 0.15) is 5.75 Å². The molecule has 0 unspecified atom stereocenters. The number of rotatable bonds is 3. The van der Waals surface area contributed by atoms with E-state index in [-0.39, 0.29) is 11.5 Å². The molecular formula is C11H12BrNO2. The molecule has 3 nitrogen and oxygen atoms in total. The van der Waals surface area contributed by atoms with Crippen molar-refractivity contribution >= 4 is 21.7 Å². The first kappa shape index (κ1) is 11.8. The highest BCUT2D eigenvalue weighted by Crippen LogP contribution is 2.27. The molecule has 0 aliphatic rings. The lowest BCUT2D eigenvalue weighted by Crippen LogP contribution is -2.03. The van der Waals surface area contributed by atoms with Crippen molar-refractivity contribution in [1.82, 2.24) is 4.90 Å². The van der Waals surface area contributed by atoms with Crippen molar-refractivity contribution in [3.8, 4) is 5.75 Å². The number of benzene rings is 1. The number of hydrogen-bond donors (Lipinski definition) is 1. The highest BCUT2D eigenvalue weighted by atomic mass is 79.9. The fourth-order valence-electron chi connectivity index (χ4n) is 1.02. The number of carbonyl (C=O) groups is 1. The minimum atomic E-state index is -0.220. The standard InChI is InChI=1S/C11H12BrNO2/c1-13(2)7-6-10(14)8-4-3-5-9(12)11(8)15/h3-7,15H,1-2H3/b7-6+. The van der Waals surface area contributed by atoms with Crippen molar-refractivity contribution in [2.24, 2.45) is 0 Å². The predicted molar refractivity (Wildman–Crippen MR) is 63.0 cm³/mol. The maximum Gasteiger partial charge on any atom is 0.191 e. The third-order valence-electron chi connectivity index (χ3n) is 1.78. The summed E-state index contributed by atoms with van der Waals surface area (Å²) in [7, 11) is 3.65. The highest BCUT2D eigenvalue weighted by Gasteiger charge is 2.10. The first-order valence-electron chi connectivity index (χ1n) is 4.39. The lowest BCUT2D eigenvalue weighted by atomic mass is 10.1. The van der Waals surface area contributed by atoms with Crippen LogP contribution >= 0.6 is 15.9 Å². The second-order valence-electron chi connectivity index (χ2n) is 3.28. The van der Waals surface area contributed by atoms with E-state index in [2.05, 4.69) is 15.9 Å². The molecule has 0 radical (unpaired) electrons. The van der Waals surface area contributed by atoms with Gasteiger partial charge in [0.2, 0.25) is 0 Å². The summed E-state index contributed by atoms with van der Waals surface area (Å²) in [5.74, 6) is -0.242. The molecular weight excluding hydrogens is 258 g/mol. The van der Waals surface area contributed by atoms with Gasteiger partial charge < -0.3 is 10.0 Å². The molecule has 80 valence electrons. The van der Waals surface area contributed by atoms with Gasteiger partial charge in [-0.05, 0) is 28.1 Å². The molecule has 1 aromatic carbocycles. The Hall–Kier alpha value is -1.29. The summed E-state index contributed by atoms with van der Waals surface area (Å²) >= 11 is 3.16. The zero-order chi connectivity index (χ0) is 11.4. The average Bonchev–Trinajstić information content (AvgIpc) is 2.18. The third kappa shape index (κ3) is 3.09. The van der Waals surface area contributed by atoms with Gasteiger partial charge in [-0.25, -0.2) is 0 Å². The van der Waals surface area contributed by atoms with E-state index >= 15 is 0 Å². The Morgan fingerprint density at radius 2 is 2.13 bits per heavy atom. The molecule has 0 amide bonds. The molecule has 0 atom stereocenters. The molecule has 4 heteroatoms. The Morgan fingerprint density at radius 3 is 2.73 bits per heavy atom. The molecule has 0 saturated heterocycles. The van der Waals surface area contributed by atoms with Crippen molar-refractivity contribution < 1.29 is 9.90 Å². The van der Waals surface area contributed by atoms with Crippen molar-refractivity contribution in [1.29, 1.82) is 0 Å². The van der Waals surface area contributed by atoms with E-state index in [0.29, 0.717) is 10.0 Å². The first-order valence-corrected chi connectivity index (χ1v) is 5.18. The van der Waals surface area contributed by atoms with Crippen LogP contribution in [-0.2, 0) is 0 Å². The summed E-state index contributed by atoms with van der Waals surface area (Å²) in [4.78, 5) is 13.4. The second kappa shape index (κ2) is 4.98. The molecule has 0 saturated carbocycles. The lowest BCUT2D eigenvalue weighted by Gasteiger charge is -2.04. The van der Waals surface area contributed by atoms with Gasteiger partial charge in [0.25, 0.3) is 0 Å². The first-order chi connectivity index (χ1) is 7.02. The lowest BCUT2D eigenvalue weighted by molar-refractivity contribution is 0.104. The fraction of sp³-hybridized carbons (Fsp3) is 0.182. The number of aromatic hydroxyl groups is 1. The third-order valence-corrected chi connectivity index (χ3v) is 2.42. The van der Waals surface area contributed by atoms with E-state index in [1.807, 2.05) is 14.1 Å². The molecule has 0 aliphatic carbocycles. The van der Waals surface area contributed by atoms with Gasteiger partial charge in [-0.2, -0.15) is 0 Å². The Morgan fingerprint density at radius 1 is 1.47 bits per heavy atom. The summed E-state index contributed by atoms with van der Waals surface area (Å²) in [6, 6.07) is 4.98. The molecule has 0 aliphatic heterocycles. The molecule has 1 aromatic rings. The number of allylic oxidation sites excluding steroid dienone is 1. The number of para-hydroxylation sites is 1. The van der Waals surface area contributed by atoms with Crippen LogP contribution in [0.25, 0.3) is 0 Å². The van der Waals surface area contributed by atoms with Crippen LogP contribution in [-0.4, -0.2) is 29.9 Å². The maximum absolute atomic E-state index is 11.6. The summed E-state index contributed by atoms with van der Waals surface area (Å²) in [6.45, 7) is 0. The smallest absolute Gasteiger partial charge is 0.191 e. The topological polar surface area (TPSA) is 40.5 Å². The van der Waals surface area contributed by atoms with E-state index in [1.54, 1.807) is 29.3 Å². The molecule has 0 aromatic heterocycles. The van der Waals surface area contributed by atoms with Gasteiger partial charge in [-0.15, -0.1) is 0 Å². The van der Waals surface area contributed by atoms with Crippen LogP contribution in [0, 0.1) is 0 Å². The molecule has 0 fully saturated rings. The largest absolute Gasteiger partial charge is 0.506 e. The summed E-state index contributed by atoms with van der Waals surface area (Å²) in [5.41, 5.74) is 0.294. The molecule has 1 N–H and O–H groups in total. The van der Waals surface area contributed by atoms with Gasteiger partial charge in [0, 0.05) is 26.4 Å². The molecule has 0 heterocycles. The van der Waals surface area contributed by atoms with E-state index in [0.717, 1.165) is 0 Å². The van der Waals surface area contributed by atoms with Gasteiger partial charge in [0.15, 0.2) is 5.78 Å². The van der Waals surface area contributed by atoms with Crippen molar-refractivity contribution in [2.45, 2.75) is 0 Å². The Balaban J connectivity index is 2.97. The van der Waals surface area contributed by atoms with Crippen LogP contribution in [0.2, 0.25) is 0 Å². The molecule has 0 bridgehead atoms. The minimum Gasteiger partial charge on any atom is -0.506 e. The number of carbonyl (C=O) groups excluding carboxylic acids is 1. The van der Waals surface area contributed by atoms with E-state index in [1.165, 1.54) is 6.08 Å². The number of phenolic OH excluding ortho intramolecular Hbond substituents is 1. The van der Waals surface area contributed by atoms with Gasteiger partial charge in [0.05, 0.1) is 10.0 Å². The summed E-state index contributed by atoms with van der Waals surface area (Å²) < 4.78 is 0.520. The van der Waals surface area contributed by atoms with Crippen LogP contribution in [0.5, 0.6) is 5.75 Å². The highest BCUT2D eigenvalue weighted by molar-refractivity contribution is 9.10. The number of nitrogens with zero attached hydrogens (tertiary/aromatic N) is 1. The van der Waals surface area contributed by atoms with Gasteiger partial charge >= 0.3 is 0 Å². The fourth-order valence-corrected chi connectivity index (χ4v) is 1.39. The van der Waals surface area contributed by atoms with Crippen molar-refractivity contribution in [3.63, 3.8) is 0 Å². The quantitative estimate of drug-likeness (QED) is 0.677. The van der Waals surface area contributed by atoms with Crippen LogP contribution in [0.1, 0.15) is 10.4 Å². The zero-order valence-corrected chi connectivity index (χ0v) is 10.2. The number of halogens is 1. The van der Waals surface area contributed by atoms with Gasteiger partial charge in [-0.1, -0.05) is 6.07 Å². The summed E-state index contributed by atoms with van der Waals surface area (Å²) in [6.07, 6.45) is 3.06. The number of hydrogen-bond acceptors (Lipinski definition) is 3. The van der Waals surface area contributed by atoms with Gasteiger partial charge in [-0.3, -0.25) is 4.79 Å². The Bertz CT molecular complexity index is 400. The average molecular weight is 270 g/mol. The van der Waals surface area contributed by atoms with Crippen LogP contribution < -0.4 is 0 Å². The Labute approximate surface area is 97.1 Å². The van der Waals surface area contributed by atoms with Crippen LogP contribution in [0.4, 0.5) is 0 Å². The van der Waals surface area contributed by atoms with Crippen molar-refractivity contribution in [2.75, 3.05) is 14.1 Å². The Kier molecular flexibility index (Phi) is 3.91. The summed E-state index contributed by atoms with van der Waals surface area (Å²) in [5, 5.41) is 9.62. The van der Waals surface area contributed by atoms with E-state index < -0.39 is 0 Å². The molecule has 0 spiro atoms. The van der Waals surface area contributed by atoms with Crippen LogP contribution in [0.15, 0.2) is 34.9 Å². The normalized spacial score (nSPS) is 10.6. The van der Waals surface area contributed by atoms with Crippen LogP contribution in [0.3, 0.4) is 0 Å². The number of phenols is 1. The minimum absolute atomic E-state index is 0.0223. The molecule has 15 heavy (non-hydrogen) atoms. The number of ketones is 1. The monoisotopic (exact) mass is 269 g/mol. The zero-order valence-electron chi connectivity index (χ0n) is 8.57. The maximum atomic E-state index is 11.6. The van der Waals surface area contributed by atoms with E-state index in [4.69, 9.17) is 0 Å².